The van der Waals surface area contributed by atoms with E-state index in [1.807, 2.05) is 41.3 Å². The number of carbonyl (C=O) groups is 1. The lowest BCUT2D eigenvalue weighted by molar-refractivity contribution is 0.0767. The molecule has 0 saturated heterocycles. The highest BCUT2D eigenvalue weighted by molar-refractivity contribution is 6.09. The predicted molar refractivity (Wildman–Crippen MR) is 107 cm³/mol. The number of carbonyl (C=O) groups excluding carboxylic acids is 1. The molecule has 0 fully saturated rings. The van der Waals surface area contributed by atoms with Gasteiger partial charge in [-0.1, -0.05) is 36.4 Å². The third-order valence-corrected chi connectivity index (χ3v) is 5.28. The van der Waals surface area contributed by atoms with E-state index in [1.54, 1.807) is 24.5 Å². The quantitative estimate of drug-likeness (QED) is 0.498. The molecule has 5 rings (SSSR count). The van der Waals surface area contributed by atoms with E-state index in [0.29, 0.717) is 13.1 Å². The van der Waals surface area contributed by atoms with E-state index in [0.717, 1.165) is 38.6 Å². The Balaban J connectivity index is 1.66. The molecule has 0 bridgehead atoms. The van der Waals surface area contributed by atoms with Crippen LogP contribution >= 0.6 is 0 Å². The maximum Gasteiger partial charge on any atom is 0.254 e. The Hall–Kier alpha value is -3.53. The second-order valence-electron chi connectivity index (χ2n) is 7.02. The van der Waals surface area contributed by atoms with Crippen molar-refractivity contribution in [1.29, 1.82) is 0 Å². The van der Waals surface area contributed by atoms with E-state index >= 15 is 0 Å². The van der Waals surface area contributed by atoms with Crippen LogP contribution in [0.25, 0.3) is 21.9 Å². The van der Waals surface area contributed by atoms with Gasteiger partial charge >= 0.3 is 0 Å². The number of amides is 1. The molecule has 0 aliphatic carbocycles. The van der Waals surface area contributed by atoms with Crippen molar-refractivity contribution in [1.82, 2.24) is 9.88 Å². The zero-order valence-electron chi connectivity index (χ0n) is 15.1. The zero-order valence-corrected chi connectivity index (χ0v) is 15.1. The summed E-state index contributed by atoms with van der Waals surface area (Å²) in [6, 6.07) is 20.4. The molecule has 3 nitrogen and oxygen atoms in total. The van der Waals surface area contributed by atoms with E-state index in [9.17, 15) is 9.18 Å². The van der Waals surface area contributed by atoms with Crippen LogP contribution in [0.15, 0.2) is 79.1 Å². The first-order valence-electron chi connectivity index (χ1n) is 9.19. The number of nitrogens with zero attached hydrogens (tertiary/aromatic N) is 2. The number of aromatic nitrogens is 1. The van der Waals surface area contributed by atoms with E-state index in [1.165, 1.54) is 12.1 Å². The Morgan fingerprint density at radius 3 is 2.50 bits per heavy atom. The van der Waals surface area contributed by atoms with Gasteiger partial charge in [-0.25, -0.2) is 4.39 Å². The first-order valence-corrected chi connectivity index (χ1v) is 9.19. The normalized spacial score (nSPS) is 13.2. The Morgan fingerprint density at radius 1 is 0.964 bits per heavy atom. The summed E-state index contributed by atoms with van der Waals surface area (Å²) in [5, 5.41) is 2.09. The van der Waals surface area contributed by atoms with Crippen LogP contribution in [-0.4, -0.2) is 15.8 Å². The molecule has 136 valence electrons. The van der Waals surface area contributed by atoms with Crippen molar-refractivity contribution in [3.63, 3.8) is 0 Å². The van der Waals surface area contributed by atoms with Crippen molar-refractivity contribution < 1.29 is 9.18 Å². The summed E-state index contributed by atoms with van der Waals surface area (Å²) >= 11 is 0. The number of hydrogen-bond acceptors (Lipinski definition) is 2. The van der Waals surface area contributed by atoms with Gasteiger partial charge < -0.3 is 4.90 Å². The van der Waals surface area contributed by atoms with E-state index in [2.05, 4.69) is 11.1 Å². The average molecular weight is 368 g/mol. The molecule has 4 aromatic rings. The maximum absolute atomic E-state index is 13.5. The number of benzene rings is 3. The van der Waals surface area contributed by atoms with Crippen LogP contribution in [0.2, 0.25) is 0 Å². The van der Waals surface area contributed by atoms with Gasteiger partial charge in [0, 0.05) is 31.0 Å². The smallest absolute Gasteiger partial charge is 0.254 e. The number of rotatable bonds is 3. The summed E-state index contributed by atoms with van der Waals surface area (Å²) in [6.07, 6.45) is 3.47. The van der Waals surface area contributed by atoms with Gasteiger partial charge in [0.05, 0.1) is 0 Å². The minimum atomic E-state index is -0.268. The van der Waals surface area contributed by atoms with Gasteiger partial charge in [0.25, 0.3) is 5.91 Å². The van der Waals surface area contributed by atoms with Gasteiger partial charge in [0.2, 0.25) is 0 Å². The lowest BCUT2D eigenvalue weighted by Crippen LogP contribution is -2.23. The van der Waals surface area contributed by atoms with Crippen LogP contribution in [-0.2, 0) is 13.1 Å². The Bertz CT molecular complexity index is 1190. The van der Waals surface area contributed by atoms with Crippen molar-refractivity contribution in [3.05, 3.63) is 102 Å². The van der Waals surface area contributed by atoms with Crippen molar-refractivity contribution in [2.45, 2.75) is 13.1 Å². The fraction of sp³-hybridized carbons (Fsp3) is 0.0833. The fourth-order valence-electron chi connectivity index (χ4n) is 3.96. The number of halogens is 1. The minimum absolute atomic E-state index is 0.0286. The third-order valence-electron chi connectivity index (χ3n) is 5.28. The first kappa shape index (κ1) is 16.6. The van der Waals surface area contributed by atoms with E-state index in [4.69, 9.17) is 0 Å². The van der Waals surface area contributed by atoms with Crippen LogP contribution in [0.5, 0.6) is 0 Å². The molecule has 1 aromatic heterocycles. The lowest BCUT2D eigenvalue weighted by atomic mass is 9.91. The molecule has 2 heterocycles. The Kier molecular flexibility index (Phi) is 3.90. The van der Waals surface area contributed by atoms with Gasteiger partial charge in [-0.05, 0) is 63.4 Å². The molecule has 0 spiro atoms. The maximum atomic E-state index is 13.5. The molecule has 0 saturated carbocycles. The first-order chi connectivity index (χ1) is 13.7. The molecule has 1 aliphatic heterocycles. The summed E-state index contributed by atoms with van der Waals surface area (Å²) in [5.74, 6) is -0.239. The van der Waals surface area contributed by atoms with Crippen LogP contribution in [0.3, 0.4) is 0 Å². The van der Waals surface area contributed by atoms with E-state index < -0.39 is 0 Å². The molecule has 0 radical (unpaired) electrons. The highest BCUT2D eigenvalue weighted by Gasteiger charge is 2.31. The molecule has 3 aromatic carbocycles. The highest BCUT2D eigenvalue weighted by atomic mass is 19.1. The SMILES string of the molecule is O=C1c2cc3ccccc3c(-c3ccc(F)cc3)c2CN1Cc1ccncc1. The van der Waals surface area contributed by atoms with Gasteiger partial charge in [-0.2, -0.15) is 0 Å². The summed E-state index contributed by atoms with van der Waals surface area (Å²) in [5.41, 5.74) is 4.71. The number of hydrogen-bond donors (Lipinski definition) is 0. The topological polar surface area (TPSA) is 33.2 Å². The fourth-order valence-corrected chi connectivity index (χ4v) is 3.96. The van der Waals surface area contributed by atoms with Gasteiger partial charge in [0.15, 0.2) is 0 Å². The monoisotopic (exact) mass is 368 g/mol. The van der Waals surface area contributed by atoms with E-state index in [-0.39, 0.29) is 11.7 Å². The average Bonchev–Trinajstić information content (AvgIpc) is 3.03. The summed E-state index contributed by atoms with van der Waals surface area (Å²) in [7, 11) is 0. The molecule has 0 unspecified atom stereocenters. The second kappa shape index (κ2) is 6.57. The van der Waals surface area contributed by atoms with Crippen LogP contribution in [0, 0.1) is 5.82 Å². The highest BCUT2D eigenvalue weighted by Crippen LogP contribution is 2.39. The summed E-state index contributed by atoms with van der Waals surface area (Å²) in [4.78, 5) is 19.0. The number of fused-ring (bicyclic) bond motifs is 2. The minimum Gasteiger partial charge on any atom is -0.330 e. The van der Waals surface area contributed by atoms with Crippen LogP contribution < -0.4 is 0 Å². The molecular weight excluding hydrogens is 351 g/mol. The Labute approximate surface area is 162 Å². The largest absolute Gasteiger partial charge is 0.330 e. The van der Waals surface area contributed by atoms with Crippen LogP contribution in [0.4, 0.5) is 4.39 Å². The third kappa shape index (κ3) is 2.74. The van der Waals surface area contributed by atoms with Gasteiger partial charge in [0.1, 0.15) is 5.82 Å². The van der Waals surface area contributed by atoms with Crippen molar-refractivity contribution >= 4 is 16.7 Å². The predicted octanol–water partition coefficient (Wildman–Crippen LogP) is 5.20. The standard InChI is InChI=1S/C24H17FN2O/c25-19-7-5-17(6-8-19)23-20-4-2-1-3-18(20)13-21-22(23)15-27(24(21)28)14-16-9-11-26-12-10-16/h1-13H,14-15H2. The zero-order chi connectivity index (χ0) is 19.1. The van der Waals surface area contributed by atoms with Crippen LogP contribution in [0.1, 0.15) is 21.5 Å². The molecular formula is C24H17FN2O. The second-order valence-corrected chi connectivity index (χ2v) is 7.02. The van der Waals surface area contributed by atoms with Gasteiger partial charge in [-0.15, -0.1) is 0 Å². The number of pyridine rings is 1. The molecule has 4 heteroatoms. The molecule has 0 atom stereocenters. The molecule has 1 amide bonds. The lowest BCUT2D eigenvalue weighted by Gasteiger charge is -2.16. The van der Waals surface area contributed by atoms with Crippen molar-refractivity contribution in [2.24, 2.45) is 0 Å². The van der Waals surface area contributed by atoms with Gasteiger partial charge in [-0.3, -0.25) is 9.78 Å². The summed E-state index contributed by atoms with van der Waals surface area (Å²) < 4.78 is 13.5. The van der Waals surface area contributed by atoms with Crippen molar-refractivity contribution in [3.8, 4) is 11.1 Å². The molecule has 1 aliphatic rings. The Morgan fingerprint density at radius 2 is 1.71 bits per heavy atom. The molecule has 0 N–H and O–H groups in total. The summed E-state index contributed by atoms with van der Waals surface area (Å²) in [6.45, 7) is 1.07. The van der Waals surface area contributed by atoms with Crippen molar-refractivity contribution in [2.75, 3.05) is 0 Å². The molecule has 28 heavy (non-hydrogen) atoms.